The summed E-state index contributed by atoms with van der Waals surface area (Å²) in [5, 5.41) is 0. The second-order valence-corrected chi connectivity index (χ2v) is 5.92. The van der Waals surface area contributed by atoms with Crippen molar-refractivity contribution in [2.24, 2.45) is 5.73 Å². The second-order valence-electron chi connectivity index (χ2n) is 4.92. The van der Waals surface area contributed by atoms with E-state index in [0.717, 1.165) is 25.1 Å². The molecule has 2 saturated heterocycles. The summed E-state index contributed by atoms with van der Waals surface area (Å²) in [6.45, 7) is 3.25. The molecule has 2 N–H and O–H groups in total. The first-order chi connectivity index (χ1) is 8.63. The third kappa shape index (κ3) is 3.77. The van der Waals surface area contributed by atoms with Crippen molar-refractivity contribution in [2.75, 3.05) is 24.7 Å². The molecule has 5 nitrogen and oxygen atoms in total. The highest BCUT2D eigenvalue weighted by atomic mass is 35.5. The zero-order chi connectivity index (χ0) is 13.1. The van der Waals surface area contributed by atoms with Crippen LogP contribution in [0.3, 0.4) is 0 Å². The van der Waals surface area contributed by atoms with Gasteiger partial charge in [0.25, 0.3) is 0 Å². The van der Waals surface area contributed by atoms with E-state index in [4.69, 9.17) is 5.73 Å². The zero-order valence-electron chi connectivity index (χ0n) is 11.2. The van der Waals surface area contributed by atoms with Crippen molar-refractivity contribution in [1.82, 2.24) is 9.80 Å². The van der Waals surface area contributed by atoms with E-state index in [2.05, 4.69) is 0 Å². The van der Waals surface area contributed by atoms with Crippen LogP contribution < -0.4 is 5.73 Å². The molecular formula is C12H22ClN3O2S. The van der Waals surface area contributed by atoms with Gasteiger partial charge in [0.2, 0.25) is 11.8 Å². The van der Waals surface area contributed by atoms with Crippen LogP contribution in [0.4, 0.5) is 0 Å². The summed E-state index contributed by atoms with van der Waals surface area (Å²) >= 11 is 1.65. The normalized spacial score (nSPS) is 27.1. The Morgan fingerprint density at radius 3 is 2.79 bits per heavy atom. The van der Waals surface area contributed by atoms with Crippen LogP contribution in [0.15, 0.2) is 0 Å². The molecule has 2 rings (SSSR count). The number of carbonyl (C=O) groups excluding carboxylic acids is 2. The molecule has 2 aliphatic rings. The van der Waals surface area contributed by atoms with Crippen LogP contribution in [-0.2, 0) is 9.59 Å². The van der Waals surface area contributed by atoms with Gasteiger partial charge in [0.15, 0.2) is 0 Å². The van der Waals surface area contributed by atoms with Gasteiger partial charge in [0.1, 0.15) is 6.04 Å². The fourth-order valence-corrected chi connectivity index (χ4v) is 3.69. The number of nitrogens with two attached hydrogens (primary N) is 1. The standard InChI is InChI=1S/C12H21N3O2S.ClH/c1-2-11(16)15-8-18-7-10(15)12(17)14-5-3-4-9(13)6-14;/h9-10H,2-8,13H2,1H3;1H. The number of nitrogens with zero attached hydrogens (tertiary/aromatic N) is 2. The molecule has 0 radical (unpaired) electrons. The van der Waals surface area contributed by atoms with Crippen molar-refractivity contribution < 1.29 is 9.59 Å². The lowest BCUT2D eigenvalue weighted by atomic mass is 10.1. The number of thioether (sulfide) groups is 1. The summed E-state index contributed by atoms with van der Waals surface area (Å²) in [7, 11) is 0. The Morgan fingerprint density at radius 1 is 1.42 bits per heavy atom. The van der Waals surface area contributed by atoms with E-state index in [1.165, 1.54) is 0 Å². The van der Waals surface area contributed by atoms with E-state index in [9.17, 15) is 9.59 Å². The van der Waals surface area contributed by atoms with Crippen molar-refractivity contribution in [1.29, 1.82) is 0 Å². The van der Waals surface area contributed by atoms with Gasteiger partial charge in [-0.1, -0.05) is 6.92 Å². The highest BCUT2D eigenvalue weighted by molar-refractivity contribution is 7.99. The van der Waals surface area contributed by atoms with Gasteiger partial charge in [-0.05, 0) is 12.8 Å². The van der Waals surface area contributed by atoms with Gasteiger partial charge in [-0.2, -0.15) is 0 Å². The molecule has 0 aromatic carbocycles. The maximum absolute atomic E-state index is 12.4. The first-order valence-electron chi connectivity index (χ1n) is 6.55. The minimum absolute atomic E-state index is 0. The topological polar surface area (TPSA) is 66.6 Å². The van der Waals surface area contributed by atoms with Gasteiger partial charge in [-0.25, -0.2) is 0 Å². The summed E-state index contributed by atoms with van der Waals surface area (Å²) in [6.07, 6.45) is 2.42. The van der Waals surface area contributed by atoms with E-state index in [-0.39, 0.29) is 36.3 Å². The van der Waals surface area contributed by atoms with Gasteiger partial charge >= 0.3 is 0 Å². The molecule has 2 fully saturated rings. The maximum atomic E-state index is 12.4. The SMILES string of the molecule is CCC(=O)N1CSCC1C(=O)N1CCCC(N)C1.Cl. The predicted octanol–water partition coefficient (Wildman–Crippen LogP) is 0.669. The number of likely N-dealkylation sites (tertiary alicyclic amines) is 1. The Bertz CT molecular complexity index is 343. The van der Waals surface area contributed by atoms with Gasteiger partial charge in [-0.15, -0.1) is 24.2 Å². The predicted molar refractivity (Wildman–Crippen MR) is 79.3 cm³/mol. The lowest BCUT2D eigenvalue weighted by Crippen LogP contribution is -2.53. The fraction of sp³-hybridized carbons (Fsp3) is 0.833. The molecule has 0 aromatic heterocycles. The molecule has 0 aliphatic carbocycles. The number of halogens is 1. The molecule has 0 aromatic rings. The van der Waals surface area contributed by atoms with E-state index in [1.54, 1.807) is 16.7 Å². The molecule has 19 heavy (non-hydrogen) atoms. The molecule has 0 bridgehead atoms. The number of hydrogen-bond donors (Lipinski definition) is 1. The Balaban J connectivity index is 0.00000180. The van der Waals surface area contributed by atoms with Gasteiger partial charge in [0, 0.05) is 31.3 Å². The second kappa shape index (κ2) is 7.36. The van der Waals surface area contributed by atoms with E-state index < -0.39 is 0 Å². The molecule has 0 spiro atoms. The summed E-state index contributed by atoms with van der Waals surface area (Å²) in [4.78, 5) is 27.8. The number of carbonyl (C=O) groups is 2. The third-order valence-corrected chi connectivity index (χ3v) is 4.57. The molecule has 0 saturated carbocycles. The zero-order valence-corrected chi connectivity index (χ0v) is 12.8. The summed E-state index contributed by atoms with van der Waals surface area (Å²) < 4.78 is 0. The molecule has 110 valence electrons. The van der Waals surface area contributed by atoms with Crippen LogP contribution in [0.1, 0.15) is 26.2 Å². The average Bonchev–Trinajstić information content (AvgIpc) is 2.86. The largest absolute Gasteiger partial charge is 0.339 e. The average molecular weight is 308 g/mol. The Morgan fingerprint density at radius 2 is 2.16 bits per heavy atom. The number of amides is 2. The molecule has 2 unspecified atom stereocenters. The van der Waals surface area contributed by atoms with Crippen LogP contribution in [0, 0.1) is 0 Å². The third-order valence-electron chi connectivity index (χ3n) is 3.56. The van der Waals surface area contributed by atoms with Crippen molar-refractivity contribution in [2.45, 2.75) is 38.3 Å². The first-order valence-corrected chi connectivity index (χ1v) is 7.70. The lowest BCUT2D eigenvalue weighted by molar-refractivity contribution is -0.144. The van der Waals surface area contributed by atoms with E-state index in [0.29, 0.717) is 18.8 Å². The van der Waals surface area contributed by atoms with E-state index in [1.807, 2.05) is 11.8 Å². The minimum Gasteiger partial charge on any atom is -0.339 e. The summed E-state index contributed by atoms with van der Waals surface area (Å²) in [5.74, 6) is 1.51. The first kappa shape index (κ1) is 16.6. The Hall–Kier alpha value is -0.460. The monoisotopic (exact) mass is 307 g/mol. The van der Waals surface area contributed by atoms with Crippen LogP contribution >= 0.6 is 24.2 Å². The van der Waals surface area contributed by atoms with Gasteiger partial charge in [0.05, 0.1) is 5.88 Å². The summed E-state index contributed by atoms with van der Waals surface area (Å²) in [5.41, 5.74) is 5.90. The van der Waals surface area contributed by atoms with Gasteiger partial charge in [-0.3, -0.25) is 9.59 Å². The van der Waals surface area contributed by atoms with Crippen molar-refractivity contribution in [3.63, 3.8) is 0 Å². The quantitative estimate of drug-likeness (QED) is 0.814. The van der Waals surface area contributed by atoms with Crippen molar-refractivity contribution in [3.05, 3.63) is 0 Å². The molecule has 2 atom stereocenters. The molecule has 2 heterocycles. The Labute approximate surface area is 124 Å². The van der Waals surface area contributed by atoms with Crippen LogP contribution in [0.2, 0.25) is 0 Å². The van der Waals surface area contributed by atoms with E-state index >= 15 is 0 Å². The van der Waals surface area contributed by atoms with Crippen LogP contribution in [0.5, 0.6) is 0 Å². The van der Waals surface area contributed by atoms with Crippen molar-refractivity contribution >= 4 is 36.0 Å². The minimum atomic E-state index is -0.271. The van der Waals surface area contributed by atoms with Gasteiger partial charge < -0.3 is 15.5 Å². The fourth-order valence-electron chi connectivity index (χ4n) is 2.52. The molecule has 2 amide bonds. The van der Waals surface area contributed by atoms with Crippen LogP contribution in [0.25, 0.3) is 0 Å². The summed E-state index contributed by atoms with van der Waals surface area (Å²) in [6, 6.07) is -0.181. The number of piperidine rings is 1. The maximum Gasteiger partial charge on any atom is 0.246 e. The smallest absolute Gasteiger partial charge is 0.246 e. The molecular weight excluding hydrogens is 286 g/mol. The lowest BCUT2D eigenvalue weighted by Gasteiger charge is -2.34. The number of hydrogen-bond acceptors (Lipinski definition) is 4. The van der Waals surface area contributed by atoms with Crippen LogP contribution in [-0.4, -0.2) is 58.4 Å². The highest BCUT2D eigenvalue weighted by Crippen LogP contribution is 2.24. The highest BCUT2D eigenvalue weighted by Gasteiger charge is 2.37. The molecule has 2 aliphatic heterocycles. The van der Waals surface area contributed by atoms with Crippen molar-refractivity contribution in [3.8, 4) is 0 Å². The number of rotatable bonds is 2. The molecule has 7 heteroatoms. The Kier molecular flexibility index (Phi) is 6.42.